The highest BCUT2D eigenvalue weighted by Crippen LogP contribution is 2.10. The van der Waals surface area contributed by atoms with Gasteiger partial charge in [-0.25, -0.2) is 0 Å². The highest BCUT2D eigenvalue weighted by Gasteiger charge is 2.20. The summed E-state index contributed by atoms with van der Waals surface area (Å²) in [7, 11) is 0. The van der Waals surface area contributed by atoms with Gasteiger partial charge in [0.1, 0.15) is 0 Å². The van der Waals surface area contributed by atoms with Gasteiger partial charge in [-0.3, -0.25) is 9.59 Å². The topological polar surface area (TPSA) is 66.4 Å². The van der Waals surface area contributed by atoms with Gasteiger partial charge < -0.3 is 10.4 Å². The van der Waals surface area contributed by atoms with Crippen LogP contribution in [0.15, 0.2) is 18.2 Å². The van der Waals surface area contributed by atoms with Crippen LogP contribution in [-0.4, -0.2) is 23.0 Å². The number of carbonyl (C=O) groups is 2. The molecule has 1 amide bonds. The molecule has 4 heteroatoms. The molecule has 1 aromatic rings. The fraction of sp³-hybridized carbons (Fsp3) is 0.467. The average Bonchev–Trinajstić information content (AvgIpc) is 2.32. The van der Waals surface area contributed by atoms with Gasteiger partial charge in [0.2, 0.25) is 5.91 Å². The second-order valence-electron chi connectivity index (χ2n) is 5.08. The number of hydrogen-bond donors (Lipinski definition) is 2. The van der Waals surface area contributed by atoms with E-state index in [4.69, 9.17) is 5.11 Å². The molecule has 0 aromatic heterocycles. The minimum atomic E-state index is -0.904. The van der Waals surface area contributed by atoms with Crippen molar-refractivity contribution >= 4 is 11.9 Å². The van der Waals surface area contributed by atoms with Crippen molar-refractivity contribution in [2.45, 2.75) is 40.2 Å². The second-order valence-corrected chi connectivity index (χ2v) is 5.08. The molecule has 0 aliphatic heterocycles. The van der Waals surface area contributed by atoms with Crippen LogP contribution >= 0.6 is 0 Å². The summed E-state index contributed by atoms with van der Waals surface area (Å²) in [6, 6.07) is 5.52. The number of nitrogens with one attached hydrogen (secondary N) is 1. The summed E-state index contributed by atoms with van der Waals surface area (Å²) in [5.74, 6) is -1.65. The summed E-state index contributed by atoms with van der Waals surface area (Å²) in [5.41, 5.74) is 3.28. The number of benzene rings is 1. The minimum absolute atomic E-state index is 0.149. The molecule has 1 aromatic carbocycles. The van der Waals surface area contributed by atoms with Crippen LogP contribution in [0.25, 0.3) is 0 Å². The van der Waals surface area contributed by atoms with Crippen molar-refractivity contribution in [1.82, 2.24) is 5.32 Å². The minimum Gasteiger partial charge on any atom is -0.481 e. The first-order chi connectivity index (χ1) is 8.81. The first kappa shape index (κ1) is 15.2. The third kappa shape index (κ3) is 4.39. The zero-order valence-corrected chi connectivity index (χ0v) is 11.9. The van der Waals surface area contributed by atoms with Gasteiger partial charge in [-0.05, 0) is 44.4 Å². The number of carbonyl (C=O) groups excluding carboxylic acids is 1. The van der Waals surface area contributed by atoms with Crippen molar-refractivity contribution in [3.63, 3.8) is 0 Å². The van der Waals surface area contributed by atoms with Gasteiger partial charge in [0.05, 0.1) is 12.3 Å². The summed E-state index contributed by atoms with van der Waals surface area (Å²) in [6.07, 6.45) is 0.276. The van der Waals surface area contributed by atoms with E-state index < -0.39 is 11.9 Å². The Morgan fingerprint density at radius 2 is 1.84 bits per heavy atom. The second kappa shape index (κ2) is 6.36. The zero-order valence-electron chi connectivity index (χ0n) is 11.9. The van der Waals surface area contributed by atoms with E-state index >= 15 is 0 Å². The van der Waals surface area contributed by atoms with E-state index in [1.54, 1.807) is 13.8 Å². The molecule has 1 rings (SSSR count). The lowest BCUT2D eigenvalue weighted by Gasteiger charge is -2.17. The van der Waals surface area contributed by atoms with Crippen molar-refractivity contribution in [3.05, 3.63) is 34.9 Å². The van der Waals surface area contributed by atoms with Gasteiger partial charge >= 0.3 is 5.97 Å². The quantitative estimate of drug-likeness (QED) is 0.854. The molecular weight excluding hydrogens is 242 g/mol. The summed E-state index contributed by atoms with van der Waals surface area (Å²) < 4.78 is 0. The van der Waals surface area contributed by atoms with E-state index in [9.17, 15) is 9.59 Å². The molecular formula is C15H21NO3. The Kier molecular flexibility index (Phi) is 5.10. The highest BCUT2D eigenvalue weighted by atomic mass is 16.4. The maximum Gasteiger partial charge on any atom is 0.308 e. The molecule has 0 aliphatic rings. The molecule has 19 heavy (non-hydrogen) atoms. The van der Waals surface area contributed by atoms with Crippen LogP contribution in [-0.2, 0) is 16.0 Å². The maximum absolute atomic E-state index is 11.8. The maximum atomic E-state index is 11.8. The molecule has 104 valence electrons. The molecule has 2 unspecified atom stereocenters. The summed E-state index contributed by atoms with van der Waals surface area (Å²) in [6.45, 7) is 7.32. The highest BCUT2D eigenvalue weighted by molar-refractivity contribution is 5.80. The molecule has 0 heterocycles. The summed E-state index contributed by atoms with van der Waals surface area (Å²) in [5, 5.41) is 11.6. The number of aryl methyl sites for hydroxylation is 2. The monoisotopic (exact) mass is 263 g/mol. The normalized spacial score (nSPS) is 13.7. The van der Waals surface area contributed by atoms with E-state index in [1.165, 1.54) is 5.56 Å². The first-order valence-corrected chi connectivity index (χ1v) is 6.39. The van der Waals surface area contributed by atoms with Gasteiger partial charge in [0.25, 0.3) is 0 Å². The molecule has 0 aliphatic carbocycles. The average molecular weight is 263 g/mol. The van der Waals surface area contributed by atoms with Crippen molar-refractivity contribution in [2.24, 2.45) is 5.92 Å². The van der Waals surface area contributed by atoms with Gasteiger partial charge in [-0.1, -0.05) is 18.2 Å². The molecule has 4 nitrogen and oxygen atoms in total. The Morgan fingerprint density at radius 1 is 1.21 bits per heavy atom. The number of hydrogen-bond acceptors (Lipinski definition) is 2. The third-order valence-electron chi connectivity index (χ3n) is 3.46. The van der Waals surface area contributed by atoms with Crippen LogP contribution in [0.1, 0.15) is 30.5 Å². The smallest absolute Gasteiger partial charge is 0.308 e. The molecule has 0 bridgehead atoms. The Labute approximate surface area is 113 Å². The molecule has 0 saturated heterocycles. The van der Waals surface area contributed by atoms with E-state index in [0.29, 0.717) is 0 Å². The SMILES string of the molecule is Cc1ccc(CC(=O)NC(C)C(C)C(=O)O)cc1C. The predicted octanol–water partition coefficient (Wildman–Crippen LogP) is 2.07. The molecule has 2 N–H and O–H groups in total. The zero-order chi connectivity index (χ0) is 14.6. The summed E-state index contributed by atoms with van der Waals surface area (Å²) in [4.78, 5) is 22.7. The van der Waals surface area contributed by atoms with Crippen LogP contribution in [0.2, 0.25) is 0 Å². The first-order valence-electron chi connectivity index (χ1n) is 6.39. The summed E-state index contributed by atoms with van der Waals surface area (Å²) >= 11 is 0. The number of aliphatic carboxylic acids is 1. The van der Waals surface area contributed by atoms with E-state index in [2.05, 4.69) is 5.32 Å². The number of amides is 1. The lowest BCUT2D eigenvalue weighted by atomic mass is 10.0. The molecule has 0 spiro atoms. The van der Waals surface area contributed by atoms with Crippen molar-refractivity contribution in [3.8, 4) is 0 Å². The predicted molar refractivity (Wildman–Crippen MR) is 74.0 cm³/mol. The Hall–Kier alpha value is -1.84. The van der Waals surface area contributed by atoms with Gasteiger partial charge in [-0.2, -0.15) is 0 Å². The van der Waals surface area contributed by atoms with Crippen molar-refractivity contribution in [1.29, 1.82) is 0 Å². The van der Waals surface area contributed by atoms with Crippen molar-refractivity contribution < 1.29 is 14.7 Å². The number of carboxylic acids is 1. The van der Waals surface area contributed by atoms with Crippen LogP contribution in [0, 0.1) is 19.8 Å². The van der Waals surface area contributed by atoms with E-state index in [0.717, 1.165) is 11.1 Å². The van der Waals surface area contributed by atoms with Gasteiger partial charge in [0, 0.05) is 6.04 Å². The van der Waals surface area contributed by atoms with Crippen LogP contribution in [0.5, 0.6) is 0 Å². The Bertz CT molecular complexity index is 482. The van der Waals surface area contributed by atoms with Crippen LogP contribution < -0.4 is 5.32 Å². The lowest BCUT2D eigenvalue weighted by molar-refractivity contribution is -0.142. The van der Waals surface area contributed by atoms with Crippen LogP contribution in [0.3, 0.4) is 0 Å². The van der Waals surface area contributed by atoms with Gasteiger partial charge in [0.15, 0.2) is 0 Å². The molecule has 0 saturated carbocycles. The fourth-order valence-electron chi connectivity index (χ4n) is 1.74. The Morgan fingerprint density at radius 3 is 2.37 bits per heavy atom. The fourth-order valence-corrected chi connectivity index (χ4v) is 1.74. The standard InChI is InChI=1S/C15H21NO3/c1-9-5-6-13(7-10(9)2)8-14(17)16-12(4)11(3)15(18)19/h5-7,11-12H,8H2,1-4H3,(H,16,17)(H,18,19). The molecule has 2 atom stereocenters. The third-order valence-corrected chi connectivity index (χ3v) is 3.46. The number of carboxylic acid groups (broad SMARTS) is 1. The Balaban J connectivity index is 2.60. The largest absolute Gasteiger partial charge is 0.481 e. The molecule has 0 fully saturated rings. The van der Waals surface area contributed by atoms with E-state index in [-0.39, 0.29) is 18.4 Å². The number of rotatable bonds is 5. The van der Waals surface area contributed by atoms with Gasteiger partial charge in [-0.15, -0.1) is 0 Å². The van der Waals surface area contributed by atoms with E-state index in [1.807, 2.05) is 32.0 Å². The molecule has 0 radical (unpaired) electrons. The van der Waals surface area contributed by atoms with Crippen molar-refractivity contribution in [2.75, 3.05) is 0 Å². The lowest BCUT2D eigenvalue weighted by Crippen LogP contribution is -2.40. The van der Waals surface area contributed by atoms with Crippen LogP contribution in [0.4, 0.5) is 0 Å².